The standard InChI is InChI=1S/C15H20N4OS/c1-12(21-15-17-9-11-19(15)3)14(20)18(2)10-6-13-4-7-16-8-5-13/h4-5,7-9,11-12H,6,10H2,1-3H3. The zero-order chi connectivity index (χ0) is 15.2. The summed E-state index contributed by atoms with van der Waals surface area (Å²) in [7, 11) is 3.78. The quantitative estimate of drug-likeness (QED) is 0.766. The van der Waals surface area contributed by atoms with Gasteiger partial charge in [0.15, 0.2) is 5.16 Å². The highest BCUT2D eigenvalue weighted by molar-refractivity contribution is 8.00. The summed E-state index contributed by atoms with van der Waals surface area (Å²) in [5.74, 6) is 0.122. The molecule has 0 radical (unpaired) electrons. The third kappa shape index (κ3) is 4.32. The Hall–Kier alpha value is -1.82. The van der Waals surface area contributed by atoms with Gasteiger partial charge in [0.2, 0.25) is 5.91 Å². The van der Waals surface area contributed by atoms with Gasteiger partial charge in [0.1, 0.15) is 0 Å². The normalized spacial score (nSPS) is 12.1. The number of carbonyl (C=O) groups excluding carboxylic acids is 1. The third-order valence-electron chi connectivity index (χ3n) is 3.27. The molecule has 0 spiro atoms. The molecule has 21 heavy (non-hydrogen) atoms. The lowest BCUT2D eigenvalue weighted by molar-refractivity contribution is -0.128. The number of thioether (sulfide) groups is 1. The van der Waals surface area contributed by atoms with E-state index in [1.165, 1.54) is 17.3 Å². The van der Waals surface area contributed by atoms with Crippen molar-refractivity contribution in [2.45, 2.75) is 23.8 Å². The van der Waals surface area contributed by atoms with Crippen molar-refractivity contribution in [1.82, 2.24) is 19.4 Å². The van der Waals surface area contributed by atoms with Crippen LogP contribution < -0.4 is 0 Å². The largest absolute Gasteiger partial charge is 0.344 e. The molecular formula is C15H20N4OS. The van der Waals surface area contributed by atoms with Crippen LogP contribution in [0.25, 0.3) is 0 Å². The number of amides is 1. The number of aromatic nitrogens is 3. The molecule has 2 rings (SSSR count). The first kappa shape index (κ1) is 15.6. The number of imidazole rings is 1. The van der Waals surface area contributed by atoms with Crippen molar-refractivity contribution in [2.75, 3.05) is 13.6 Å². The number of pyridine rings is 1. The molecular weight excluding hydrogens is 284 g/mol. The second-order valence-electron chi connectivity index (χ2n) is 4.95. The first-order chi connectivity index (χ1) is 10.1. The van der Waals surface area contributed by atoms with Crippen molar-refractivity contribution in [3.63, 3.8) is 0 Å². The van der Waals surface area contributed by atoms with Crippen LogP contribution in [0.5, 0.6) is 0 Å². The minimum Gasteiger partial charge on any atom is -0.344 e. The number of rotatable bonds is 6. The van der Waals surface area contributed by atoms with Crippen molar-refractivity contribution in [3.8, 4) is 0 Å². The molecule has 5 nitrogen and oxygen atoms in total. The summed E-state index contributed by atoms with van der Waals surface area (Å²) in [6.45, 7) is 2.62. The van der Waals surface area contributed by atoms with Crippen LogP contribution in [0.1, 0.15) is 12.5 Å². The number of hydrogen-bond donors (Lipinski definition) is 0. The summed E-state index contributed by atoms with van der Waals surface area (Å²) in [5.41, 5.74) is 1.19. The molecule has 0 aromatic carbocycles. The highest BCUT2D eigenvalue weighted by atomic mass is 32.2. The maximum absolute atomic E-state index is 12.4. The molecule has 2 heterocycles. The molecule has 0 fully saturated rings. The molecule has 1 atom stereocenters. The van der Waals surface area contributed by atoms with Crippen LogP contribution in [-0.4, -0.2) is 44.2 Å². The second kappa shape index (κ2) is 7.26. The first-order valence-electron chi connectivity index (χ1n) is 6.86. The molecule has 0 N–H and O–H groups in total. The molecule has 0 saturated heterocycles. The van der Waals surface area contributed by atoms with E-state index >= 15 is 0 Å². The van der Waals surface area contributed by atoms with Gasteiger partial charge in [-0.25, -0.2) is 4.98 Å². The van der Waals surface area contributed by atoms with Crippen LogP contribution in [0.3, 0.4) is 0 Å². The number of carbonyl (C=O) groups is 1. The topological polar surface area (TPSA) is 51.0 Å². The van der Waals surface area contributed by atoms with Crippen LogP contribution in [0.4, 0.5) is 0 Å². The molecule has 0 aliphatic heterocycles. The van der Waals surface area contributed by atoms with Gasteiger partial charge < -0.3 is 9.47 Å². The van der Waals surface area contributed by atoms with Crippen LogP contribution >= 0.6 is 11.8 Å². The fourth-order valence-electron chi connectivity index (χ4n) is 1.94. The van der Waals surface area contributed by atoms with E-state index in [2.05, 4.69) is 9.97 Å². The lowest BCUT2D eigenvalue weighted by Gasteiger charge is -2.21. The van der Waals surface area contributed by atoms with Gasteiger partial charge in [0.25, 0.3) is 0 Å². The van der Waals surface area contributed by atoms with Gasteiger partial charge in [-0.05, 0) is 31.0 Å². The van der Waals surface area contributed by atoms with Gasteiger partial charge in [0.05, 0.1) is 5.25 Å². The third-order valence-corrected chi connectivity index (χ3v) is 4.43. The molecule has 0 bridgehead atoms. The Morgan fingerprint density at radius 3 is 2.71 bits per heavy atom. The van der Waals surface area contributed by atoms with Crippen LogP contribution in [-0.2, 0) is 18.3 Å². The Bertz CT molecular complexity index is 584. The molecule has 0 saturated carbocycles. The molecule has 112 valence electrons. The van der Waals surface area contributed by atoms with E-state index in [1.807, 2.05) is 43.9 Å². The molecule has 0 aliphatic carbocycles. The minimum absolute atomic E-state index is 0.122. The fourth-order valence-corrected chi connectivity index (χ4v) is 2.89. The molecule has 2 aromatic rings. The smallest absolute Gasteiger partial charge is 0.235 e. The highest BCUT2D eigenvalue weighted by Gasteiger charge is 2.20. The summed E-state index contributed by atoms with van der Waals surface area (Å²) in [5, 5.41) is 0.715. The predicted octanol–water partition coefficient (Wildman–Crippen LogP) is 2.00. The summed E-state index contributed by atoms with van der Waals surface area (Å²) < 4.78 is 1.92. The number of likely N-dealkylation sites (N-methyl/N-ethyl adjacent to an activating group) is 1. The molecule has 6 heteroatoms. The maximum atomic E-state index is 12.4. The molecule has 1 unspecified atom stereocenters. The van der Waals surface area contributed by atoms with Crippen molar-refractivity contribution < 1.29 is 4.79 Å². The van der Waals surface area contributed by atoms with E-state index in [0.717, 1.165) is 11.6 Å². The lowest BCUT2D eigenvalue weighted by atomic mass is 10.2. The van der Waals surface area contributed by atoms with E-state index < -0.39 is 0 Å². The first-order valence-corrected chi connectivity index (χ1v) is 7.73. The molecule has 1 amide bonds. The van der Waals surface area contributed by atoms with Gasteiger partial charge >= 0.3 is 0 Å². The van der Waals surface area contributed by atoms with E-state index in [4.69, 9.17) is 0 Å². The Morgan fingerprint density at radius 1 is 1.38 bits per heavy atom. The van der Waals surface area contributed by atoms with Gasteiger partial charge in [-0.15, -0.1) is 0 Å². The molecule has 0 aliphatic rings. The average molecular weight is 304 g/mol. The van der Waals surface area contributed by atoms with Crippen molar-refractivity contribution in [2.24, 2.45) is 7.05 Å². The number of hydrogen-bond acceptors (Lipinski definition) is 4. The number of nitrogens with zero attached hydrogens (tertiary/aromatic N) is 4. The van der Waals surface area contributed by atoms with Crippen molar-refractivity contribution in [1.29, 1.82) is 0 Å². The van der Waals surface area contributed by atoms with Gasteiger partial charge in [-0.3, -0.25) is 9.78 Å². The predicted molar refractivity (Wildman–Crippen MR) is 84.1 cm³/mol. The summed E-state index contributed by atoms with van der Waals surface area (Å²) in [6, 6.07) is 3.95. The van der Waals surface area contributed by atoms with E-state index in [-0.39, 0.29) is 11.2 Å². The van der Waals surface area contributed by atoms with Gasteiger partial charge in [-0.2, -0.15) is 0 Å². The van der Waals surface area contributed by atoms with Crippen LogP contribution in [0.15, 0.2) is 42.1 Å². The number of aryl methyl sites for hydroxylation is 1. The zero-order valence-electron chi connectivity index (χ0n) is 12.6. The van der Waals surface area contributed by atoms with E-state index in [0.29, 0.717) is 6.54 Å². The summed E-state index contributed by atoms with van der Waals surface area (Å²) in [6.07, 6.45) is 8.01. The van der Waals surface area contributed by atoms with E-state index in [1.54, 1.807) is 23.5 Å². The average Bonchev–Trinajstić information content (AvgIpc) is 2.90. The van der Waals surface area contributed by atoms with Crippen molar-refractivity contribution >= 4 is 17.7 Å². The van der Waals surface area contributed by atoms with Gasteiger partial charge in [0, 0.05) is 45.4 Å². The highest BCUT2D eigenvalue weighted by Crippen LogP contribution is 2.21. The zero-order valence-corrected chi connectivity index (χ0v) is 13.4. The second-order valence-corrected chi connectivity index (χ2v) is 6.25. The lowest BCUT2D eigenvalue weighted by Crippen LogP contribution is -2.34. The Morgan fingerprint density at radius 2 is 2.10 bits per heavy atom. The Labute approximate surface area is 129 Å². The summed E-state index contributed by atoms with van der Waals surface area (Å²) >= 11 is 1.49. The fraction of sp³-hybridized carbons (Fsp3) is 0.400. The SMILES string of the molecule is CC(Sc1nccn1C)C(=O)N(C)CCc1ccncc1. The monoisotopic (exact) mass is 304 g/mol. The Kier molecular flexibility index (Phi) is 5.38. The van der Waals surface area contributed by atoms with Gasteiger partial charge in [-0.1, -0.05) is 11.8 Å². The van der Waals surface area contributed by atoms with Crippen LogP contribution in [0, 0.1) is 0 Å². The molecule has 2 aromatic heterocycles. The Balaban J connectivity index is 1.85. The maximum Gasteiger partial charge on any atom is 0.235 e. The van der Waals surface area contributed by atoms with Crippen molar-refractivity contribution in [3.05, 3.63) is 42.5 Å². The van der Waals surface area contributed by atoms with Crippen LogP contribution in [0.2, 0.25) is 0 Å². The summed E-state index contributed by atoms with van der Waals surface area (Å²) in [4.78, 5) is 22.4. The minimum atomic E-state index is -0.145. The van der Waals surface area contributed by atoms with E-state index in [9.17, 15) is 4.79 Å².